The van der Waals surface area contributed by atoms with E-state index in [9.17, 15) is 4.79 Å². The zero-order valence-corrected chi connectivity index (χ0v) is 11.4. The average Bonchev–Trinajstić information content (AvgIpc) is 2.73. The molecule has 1 amide bonds. The van der Waals surface area contributed by atoms with E-state index in [1.165, 1.54) is 12.8 Å². The van der Waals surface area contributed by atoms with Crippen LogP contribution in [0, 0.1) is 16.7 Å². The lowest BCUT2D eigenvalue weighted by Gasteiger charge is -2.38. The van der Waals surface area contributed by atoms with Crippen LogP contribution in [0.3, 0.4) is 0 Å². The second-order valence-corrected chi connectivity index (χ2v) is 5.64. The summed E-state index contributed by atoms with van der Waals surface area (Å²) in [4.78, 5) is 14.6. The Hall–Kier alpha value is -1.12. The number of nitrogens with zero attached hydrogens (tertiary/aromatic N) is 2. The van der Waals surface area contributed by atoms with E-state index in [4.69, 9.17) is 15.7 Å². The molecular weight excluding hydrogens is 242 g/mol. The molecule has 1 aliphatic carbocycles. The Morgan fingerprint density at radius 1 is 1.37 bits per heavy atom. The Morgan fingerprint density at radius 3 is 2.63 bits per heavy atom. The van der Waals surface area contributed by atoms with E-state index in [0.29, 0.717) is 26.2 Å². The molecule has 2 rings (SSSR count). The molecule has 0 aromatic carbocycles. The molecule has 1 atom stereocenters. The average molecular weight is 265 g/mol. The summed E-state index contributed by atoms with van der Waals surface area (Å²) in [5.74, 6) is 0.139. The van der Waals surface area contributed by atoms with E-state index in [1.807, 2.05) is 0 Å². The molecule has 2 N–H and O–H groups in total. The van der Waals surface area contributed by atoms with Crippen molar-refractivity contribution in [1.82, 2.24) is 4.90 Å². The van der Waals surface area contributed by atoms with Gasteiger partial charge in [-0.2, -0.15) is 5.26 Å². The Morgan fingerprint density at radius 2 is 2.05 bits per heavy atom. The fourth-order valence-corrected chi connectivity index (χ4v) is 3.16. The number of carbonyl (C=O) groups excluding carboxylic acids is 1. The number of ether oxygens (including phenoxy) is 1. The number of rotatable bonds is 2. The molecule has 1 saturated heterocycles. The van der Waals surface area contributed by atoms with Gasteiger partial charge in [-0.1, -0.05) is 25.7 Å². The van der Waals surface area contributed by atoms with Gasteiger partial charge < -0.3 is 15.4 Å². The van der Waals surface area contributed by atoms with Crippen LogP contribution in [-0.2, 0) is 9.53 Å². The Kier molecular flexibility index (Phi) is 4.78. The fraction of sp³-hybridized carbons (Fsp3) is 0.857. The lowest BCUT2D eigenvalue weighted by Crippen LogP contribution is -2.53. The predicted molar refractivity (Wildman–Crippen MR) is 71.1 cm³/mol. The van der Waals surface area contributed by atoms with Crippen molar-refractivity contribution in [3.05, 3.63) is 0 Å². The molecule has 0 bridgehead atoms. The first-order chi connectivity index (χ1) is 9.22. The van der Waals surface area contributed by atoms with Crippen molar-refractivity contribution >= 4 is 5.91 Å². The number of amides is 1. The van der Waals surface area contributed by atoms with Gasteiger partial charge in [-0.05, 0) is 12.8 Å². The zero-order chi connectivity index (χ0) is 13.7. The third kappa shape index (κ3) is 3.07. The van der Waals surface area contributed by atoms with Gasteiger partial charge in [0.05, 0.1) is 24.6 Å². The van der Waals surface area contributed by atoms with Crippen molar-refractivity contribution in [2.75, 3.05) is 26.2 Å². The highest BCUT2D eigenvalue weighted by Crippen LogP contribution is 2.36. The summed E-state index contributed by atoms with van der Waals surface area (Å²) in [6.45, 7) is 1.83. The number of nitrogens with two attached hydrogens (primary N) is 1. The molecule has 5 heteroatoms. The summed E-state index contributed by atoms with van der Waals surface area (Å²) in [5.41, 5.74) is 5.54. The quantitative estimate of drug-likeness (QED) is 0.756. The van der Waals surface area contributed by atoms with E-state index in [-0.39, 0.29) is 5.91 Å². The van der Waals surface area contributed by atoms with Crippen molar-refractivity contribution < 1.29 is 9.53 Å². The number of hydrogen-bond acceptors (Lipinski definition) is 4. The third-order valence-corrected chi connectivity index (χ3v) is 4.40. The first-order valence-corrected chi connectivity index (χ1v) is 7.22. The van der Waals surface area contributed by atoms with Crippen LogP contribution in [0.15, 0.2) is 0 Å². The summed E-state index contributed by atoms with van der Waals surface area (Å²) in [6.07, 6.45) is 5.83. The minimum absolute atomic E-state index is 0.139. The molecule has 106 valence electrons. The number of morpholine rings is 1. The highest BCUT2D eigenvalue weighted by atomic mass is 16.5. The van der Waals surface area contributed by atoms with E-state index in [2.05, 4.69) is 6.07 Å². The Balaban J connectivity index is 2.09. The van der Waals surface area contributed by atoms with E-state index < -0.39 is 11.5 Å². The van der Waals surface area contributed by atoms with Crippen molar-refractivity contribution in [2.45, 2.75) is 44.6 Å². The van der Waals surface area contributed by atoms with Gasteiger partial charge in [0, 0.05) is 13.1 Å². The molecule has 19 heavy (non-hydrogen) atoms. The van der Waals surface area contributed by atoms with E-state index in [1.54, 1.807) is 4.90 Å². The second kappa shape index (κ2) is 6.36. The smallest absolute Gasteiger partial charge is 0.230 e. The Labute approximate surface area is 114 Å². The SMILES string of the molecule is N#CC1CN(C(=O)C2(CN)CCCCCC2)CCO1. The van der Waals surface area contributed by atoms with Gasteiger partial charge in [-0.3, -0.25) is 4.79 Å². The number of carbonyl (C=O) groups is 1. The van der Waals surface area contributed by atoms with E-state index in [0.717, 1.165) is 25.7 Å². The molecule has 0 spiro atoms. The molecule has 0 aromatic rings. The number of hydrogen-bond donors (Lipinski definition) is 1. The maximum absolute atomic E-state index is 12.8. The summed E-state index contributed by atoms with van der Waals surface area (Å²) in [6, 6.07) is 2.09. The van der Waals surface area contributed by atoms with Crippen LogP contribution < -0.4 is 5.73 Å². The topological polar surface area (TPSA) is 79.4 Å². The van der Waals surface area contributed by atoms with Gasteiger partial charge in [0.25, 0.3) is 0 Å². The molecule has 1 heterocycles. The Bertz CT molecular complexity index is 356. The maximum Gasteiger partial charge on any atom is 0.230 e. The molecule has 0 aromatic heterocycles. The normalized spacial score (nSPS) is 27.4. The lowest BCUT2D eigenvalue weighted by molar-refractivity contribution is -0.148. The van der Waals surface area contributed by atoms with Crippen LogP contribution in [0.2, 0.25) is 0 Å². The van der Waals surface area contributed by atoms with Gasteiger partial charge in [0.2, 0.25) is 5.91 Å². The van der Waals surface area contributed by atoms with Crippen molar-refractivity contribution in [3.63, 3.8) is 0 Å². The van der Waals surface area contributed by atoms with Crippen LogP contribution in [-0.4, -0.2) is 43.2 Å². The van der Waals surface area contributed by atoms with Crippen LogP contribution in [0.5, 0.6) is 0 Å². The third-order valence-electron chi connectivity index (χ3n) is 4.40. The minimum Gasteiger partial charge on any atom is -0.360 e. The van der Waals surface area contributed by atoms with Gasteiger partial charge >= 0.3 is 0 Å². The summed E-state index contributed by atoms with van der Waals surface area (Å²) in [5, 5.41) is 8.93. The van der Waals surface area contributed by atoms with Crippen molar-refractivity contribution in [3.8, 4) is 6.07 Å². The highest BCUT2D eigenvalue weighted by molar-refractivity contribution is 5.83. The van der Waals surface area contributed by atoms with Crippen LogP contribution in [0.25, 0.3) is 0 Å². The molecule has 2 fully saturated rings. The highest BCUT2D eigenvalue weighted by Gasteiger charge is 2.41. The van der Waals surface area contributed by atoms with Gasteiger partial charge in [0.15, 0.2) is 6.10 Å². The standard InChI is InChI=1S/C14H23N3O2/c15-9-12-10-17(7-8-19-12)13(18)14(11-16)5-3-1-2-4-6-14/h12H,1-8,10-11,16H2. The predicted octanol–water partition coefficient (Wildman–Crippen LogP) is 1.04. The molecule has 0 radical (unpaired) electrons. The molecule has 1 unspecified atom stereocenters. The van der Waals surface area contributed by atoms with Gasteiger partial charge in [0.1, 0.15) is 0 Å². The molecule has 1 aliphatic heterocycles. The van der Waals surface area contributed by atoms with Gasteiger partial charge in [-0.25, -0.2) is 0 Å². The second-order valence-electron chi connectivity index (χ2n) is 5.64. The molecular formula is C14H23N3O2. The first kappa shape index (κ1) is 14.3. The zero-order valence-electron chi connectivity index (χ0n) is 11.4. The van der Waals surface area contributed by atoms with Crippen LogP contribution in [0.1, 0.15) is 38.5 Å². The lowest BCUT2D eigenvalue weighted by atomic mass is 9.79. The molecule has 1 saturated carbocycles. The minimum atomic E-state index is -0.488. The maximum atomic E-state index is 12.8. The van der Waals surface area contributed by atoms with E-state index >= 15 is 0 Å². The summed E-state index contributed by atoms with van der Waals surface area (Å²) >= 11 is 0. The summed E-state index contributed by atoms with van der Waals surface area (Å²) < 4.78 is 5.30. The van der Waals surface area contributed by atoms with Crippen LogP contribution >= 0.6 is 0 Å². The fourth-order valence-electron chi connectivity index (χ4n) is 3.16. The summed E-state index contributed by atoms with van der Waals surface area (Å²) in [7, 11) is 0. The van der Waals surface area contributed by atoms with Crippen molar-refractivity contribution in [1.29, 1.82) is 5.26 Å². The monoisotopic (exact) mass is 265 g/mol. The molecule has 5 nitrogen and oxygen atoms in total. The van der Waals surface area contributed by atoms with Gasteiger partial charge in [-0.15, -0.1) is 0 Å². The van der Waals surface area contributed by atoms with Crippen LogP contribution in [0.4, 0.5) is 0 Å². The van der Waals surface area contributed by atoms with Crippen molar-refractivity contribution in [2.24, 2.45) is 11.1 Å². The first-order valence-electron chi connectivity index (χ1n) is 7.22. The molecule has 2 aliphatic rings. The largest absolute Gasteiger partial charge is 0.360 e. The number of nitriles is 1.